The van der Waals surface area contributed by atoms with Crippen molar-refractivity contribution in [3.8, 4) is 0 Å². The highest BCUT2D eigenvalue weighted by Gasteiger charge is 2.24. The molecule has 0 heterocycles. The minimum Gasteiger partial charge on any atom is -0.387 e. The van der Waals surface area contributed by atoms with Crippen molar-refractivity contribution in [1.82, 2.24) is 0 Å². The predicted molar refractivity (Wildman–Crippen MR) is 57.6 cm³/mol. The molecule has 0 spiro atoms. The minimum absolute atomic E-state index is 0.155. The van der Waals surface area contributed by atoms with Crippen molar-refractivity contribution in [2.75, 3.05) is 20.6 Å². The second-order valence-corrected chi connectivity index (χ2v) is 5.34. The first-order valence-corrected chi connectivity index (χ1v) is 5.26. The molecule has 2 nitrogen and oxygen atoms in total. The van der Waals surface area contributed by atoms with Gasteiger partial charge in [-0.25, -0.2) is 0 Å². The first-order valence-electron chi connectivity index (χ1n) is 5.26. The van der Waals surface area contributed by atoms with Crippen molar-refractivity contribution in [1.29, 1.82) is 0 Å². The molecule has 0 saturated carbocycles. The smallest absolute Gasteiger partial charge is 0.105 e. The number of likely N-dealkylation sites (N-methyl/N-ethyl adjacent to an activating group) is 1. The summed E-state index contributed by atoms with van der Waals surface area (Å²) in [7, 11) is 4.35. The van der Waals surface area contributed by atoms with E-state index in [0.717, 1.165) is 17.4 Å². The van der Waals surface area contributed by atoms with Crippen molar-refractivity contribution in [3.63, 3.8) is 0 Å². The van der Waals surface area contributed by atoms with Gasteiger partial charge in [0.15, 0.2) is 0 Å². The number of hydrogen-bond donors (Lipinski definition) is 1. The van der Waals surface area contributed by atoms with Crippen LogP contribution in [0.1, 0.15) is 34.1 Å². The molecular weight excluding hydrogens is 162 g/mol. The molecule has 0 rings (SSSR count). The number of aliphatic hydroxyl groups is 1. The van der Waals surface area contributed by atoms with Crippen molar-refractivity contribution >= 4 is 0 Å². The largest absolute Gasteiger partial charge is 0.387 e. The molecule has 1 N–H and O–H groups in total. The average molecular weight is 188 g/mol. The molecule has 1 atom stereocenters. The molecule has 0 saturated heterocycles. The Labute approximate surface area is 83.2 Å². The van der Waals surface area contributed by atoms with E-state index >= 15 is 0 Å². The molecule has 0 radical (unpaired) electrons. The lowest BCUT2D eigenvalue weighted by molar-refractivity contribution is -0.914. The van der Waals surface area contributed by atoms with Crippen LogP contribution in [0.4, 0.5) is 0 Å². The van der Waals surface area contributed by atoms with Crippen LogP contribution in [0, 0.1) is 5.92 Å². The minimum atomic E-state index is -0.155. The van der Waals surface area contributed by atoms with E-state index in [1.54, 1.807) is 0 Å². The molecule has 13 heavy (non-hydrogen) atoms. The fourth-order valence-corrected chi connectivity index (χ4v) is 1.37. The standard InChI is InChI=1S/C11H26NO/c1-9(2)7-11(13)8-12(5,6)10(3)4/h9-11,13H,7-8H2,1-6H3/q+1. The Balaban J connectivity index is 3.96. The average Bonchev–Trinajstić information content (AvgIpc) is 1.82. The third-order valence-electron chi connectivity index (χ3n) is 2.82. The van der Waals surface area contributed by atoms with Crippen LogP contribution in [0.5, 0.6) is 0 Å². The van der Waals surface area contributed by atoms with E-state index in [9.17, 15) is 5.11 Å². The first kappa shape index (κ1) is 12.9. The van der Waals surface area contributed by atoms with Gasteiger partial charge in [-0.05, 0) is 26.2 Å². The monoisotopic (exact) mass is 188 g/mol. The molecule has 2 heteroatoms. The van der Waals surface area contributed by atoms with Crippen molar-refractivity contribution < 1.29 is 9.59 Å². The molecule has 0 aromatic heterocycles. The van der Waals surface area contributed by atoms with Gasteiger partial charge in [-0.1, -0.05) is 13.8 Å². The van der Waals surface area contributed by atoms with Gasteiger partial charge in [0, 0.05) is 0 Å². The molecule has 0 fully saturated rings. The van der Waals surface area contributed by atoms with Crippen LogP contribution in [0.2, 0.25) is 0 Å². The molecule has 0 aliphatic carbocycles. The first-order chi connectivity index (χ1) is 5.75. The zero-order valence-corrected chi connectivity index (χ0v) is 10.0. The van der Waals surface area contributed by atoms with Gasteiger partial charge in [0.25, 0.3) is 0 Å². The SMILES string of the molecule is CC(C)CC(O)C[N+](C)(C)C(C)C. The summed E-state index contributed by atoms with van der Waals surface area (Å²) in [6, 6.07) is 0.571. The predicted octanol–water partition coefficient (Wildman–Crippen LogP) is 1.88. The van der Waals surface area contributed by atoms with Crippen LogP contribution >= 0.6 is 0 Å². The normalized spacial score (nSPS) is 15.5. The van der Waals surface area contributed by atoms with E-state index in [-0.39, 0.29) is 6.10 Å². The zero-order chi connectivity index (χ0) is 10.6. The quantitative estimate of drug-likeness (QED) is 0.653. The fraction of sp³-hybridized carbons (Fsp3) is 1.00. The topological polar surface area (TPSA) is 20.2 Å². The van der Waals surface area contributed by atoms with Crippen LogP contribution in [-0.4, -0.2) is 42.4 Å². The van der Waals surface area contributed by atoms with Crippen molar-refractivity contribution in [3.05, 3.63) is 0 Å². The third-order valence-corrected chi connectivity index (χ3v) is 2.82. The molecule has 0 aliphatic rings. The van der Waals surface area contributed by atoms with E-state index in [0.29, 0.717) is 12.0 Å². The lowest BCUT2D eigenvalue weighted by atomic mass is 10.0. The van der Waals surface area contributed by atoms with E-state index in [1.807, 2.05) is 0 Å². The van der Waals surface area contributed by atoms with Gasteiger partial charge in [-0.3, -0.25) is 0 Å². The maximum atomic E-state index is 9.79. The van der Waals surface area contributed by atoms with Crippen molar-refractivity contribution in [2.24, 2.45) is 5.92 Å². The summed E-state index contributed by atoms with van der Waals surface area (Å²) >= 11 is 0. The maximum Gasteiger partial charge on any atom is 0.105 e. The number of quaternary nitrogens is 1. The number of nitrogens with zero attached hydrogens (tertiary/aromatic N) is 1. The second kappa shape index (κ2) is 4.97. The number of aliphatic hydroxyl groups excluding tert-OH is 1. The van der Waals surface area contributed by atoms with Gasteiger partial charge < -0.3 is 9.59 Å². The Kier molecular flexibility index (Phi) is 4.93. The summed E-state index contributed by atoms with van der Waals surface area (Å²) in [4.78, 5) is 0. The Morgan fingerprint density at radius 1 is 1.08 bits per heavy atom. The second-order valence-electron chi connectivity index (χ2n) is 5.34. The van der Waals surface area contributed by atoms with E-state index in [4.69, 9.17) is 0 Å². The van der Waals surface area contributed by atoms with Crippen LogP contribution < -0.4 is 0 Å². The highest BCUT2D eigenvalue weighted by molar-refractivity contribution is 4.58. The van der Waals surface area contributed by atoms with Gasteiger partial charge in [0.2, 0.25) is 0 Å². The van der Waals surface area contributed by atoms with Gasteiger partial charge in [0.05, 0.1) is 20.1 Å². The van der Waals surface area contributed by atoms with Crippen LogP contribution in [-0.2, 0) is 0 Å². The Bertz CT molecular complexity index is 141. The molecule has 0 aromatic rings. The van der Waals surface area contributed by atoms with Gasteiger partial charge in [-0.15, -0.1) is 0 Å². The molecular formula is C11H26NO+. The fourth-order valence-electron chi connectivity index (χ4n) is 1.37. The number of hydrogen-bond acceptors (Lipinski definition) is 1. The Morgan fingerprint density at radius 3 is 1.85 bits per heavy atom. The lowest BCUT2D eigenvalue weighted by Gasteiger charge is -2.36. The van der Waals surface area contributed by atoms with Crippen LogP contribution in [0.15, 0.2) is 0 Å². The molecule has 0 bridgehead atoms. The summed E-state index contributed by atoms with van der Waals surface area (Å²) < 4.78 is 0.897. The highest BCUT2D eigenvalue weighted by atomic mass is 16.3. The number of rotatable bonds is 5. The summed E-state index contributed by atoms with van der Waals surface area (Å²) in [5.74, 6) is 0.585. The lowest BCUT2D eigenvalue weighted by Crippen LogP contribution is -2.50. The van der Waals surface area contributed by atoms with E-state index in [2.05, 4.69) is 41.8 Å². The maximum absolute atomic E-state index is 9.79. The van der Waals surface area contributed by atoms with E-state index in [1.165, 1.54) is 0 Å². The Morgan fingerprint density at radius 2 is 1.54 bits per heavy atom. The van der Waals surface area contributed by atoms with Gasteiger partial charge in [-0.2, -0.15) is 0 Å². The molecule has 0 aromatic carbocycles. The highest BCUT2D eigenvalue weighted by Crippen LogP contribution is 2.11. The van der Waals surface area contributed by atoms with Gasteiger partial charge in [0.1, 0.15) is 12.6 Å². The summed E-state index contributed by atoms with van der Waals surface area (Å²) in [5.41, 5.74) is 0. The van der Waals surface area contributed by atoms with E-state index < -0.39 is 0 Å². The Hall–Kier alpha value is -0.0800. The summed E-state index contributed by atoms with van der Waals surface area (Å²) in [6.07, 6.45) is 0.756. The molecule has 0 amide bonds. The van der Waals surface area contributed by atoms with Crippen molar-refractivity contribution in [2.45, 2.75) is 46.3 Å². The summed E-state index contributed by atoms with van der Waals surface area (Å²) in [5, 5.41) is 9.79. The zero-order valence-electron chi connectivity index (χ0n) is 10.0. The van der Waals surface area contributed by atoms with Crippen LogP contribution in [0.3, 0.4) is 0 Å². The molecule has 80 valence electrons. The summed E-state index contributed by atoms with van der Waals surface area (Å²) in [6.45, 7) is 9.55. The molecule has 0 aliphatic heterocycles. The van der Waals surface area contributed by atoms with Gasteiger partial charge >= 0.3 is 0 Å². The van der Waals surface area contributed by atoms with Crippen LogP contribution in [0.25, 0.3) is 0 Å². The molecule has 1 unspecified atom stereocenters. The third kappa shape index (κ3) is 5.27.